The standard InChI is InChI=1S/C35H39FN4O5S.H2O/c1-37-34(41)31-28-20-27(29(38(2)46(3)43)21-30(28)45-33(31)24-11-13-26(36)14-12-24)25-10-7-15-40(22-25)35(42)32(23-8-5-4-6-9-23)39-16-18-44-19-17-39;/h4-6,8-9,11-14,20-21,25,32H,7,10,15-19,22H2,1-3H3,(H,37,41);1H2/t25-,32?,46?;/m0./s1. The minimum absolute atomic E-state index is 0. The average Bonchev–Trinajstić information content (AvgIpc) is 3.47. The number of halogens is 1. The first-order chi connectivity index (χ1) is 22.3. The summed E-state index contributed by atoms with van der Waals surface area (Å²) in [6.45, 7) is 3.64. The molecular weight excluding hydrogens is 623 g/mol. The Hall–Kier alpha value is -4.10. The van der Waals surface area contributed by atoms with Crippen molar-refractivity contribution in [1.82, 2.24) is 15.1 Å². The van der Waals surface area contributed by atoms with Crippen molar-refractivity contribution in [3.63, 3.8) is 0 Å². The number of likely N-dealkylation sites (tertiary alicyclic amines) is 1. The van der Waals surface area contributed by atoms with E-state index in [1.165, 1.54) is 12.1 Å². The lowest BCUT2D eigenvalue weighted by atomic mass is 9.87. The Morgan fingerprint density at radius 2 is 1.74 bits per heavy atom. The molecule has 3 N–H and O–H groups in total. The molecule has 3 aromatic carbocycles. The van der Waals surface area contributed by atoms with E-state index < -0.39 is 22.8 Å². The number of piperidine rings is 1. The molecule has 0 spiro atoms. The van der Waals surface area contributed by atoms with Crippen LogP contribution in [0.2, 0.25) is 0 Å². The molecule has 2 amide bonds. The van der Waals surface area contributed by atoms with Gasteiger partial charge < -0.3 is 24.8 Å². The Balaban J connectivity index is 0.00000433. The first-order valence-corrected chi connectivity index (χ1v) is 17.1. The third-order valence-electron chi connectivity index (χ3n) is 9.06. The van der Waals surface area contributed by atoms with Crippen LogP contribution in [0.4, 0.5) is 10.1 Å². The molecule has 2 fully saturated rings. The van der Waals surface area contributed by atoms with Gasteiger partial charge in [-0.2, -0.15) is 0 Å². The van der Waals surface area contributed by atoms with Crippen molar-refractivity contribution in [3.8, 4) is 11.3 Å². The molecule has 4 aromatic rings. The summed E-state index contributed by atoms with van der Waals surface area (Å²) in [5.74, 6) is -0.417. The van der Waals surface area contributed by atoms with E-state index in [1.807, 2.05) is 47.4 Å². The highest BCUT2D eigenvalue weighted by Crippen LogP contribution is 2.42. The van der Waals surface area contributed by atoms with Crippen molar-refractivity contribution in [2.45, 2.75) is 24.8 Å². The minimum atomic E-state index is -1.35. The summed E-state index contributed by atoms with van der Waals surface area (Å²) in [7, 11) is 1.97. The molecule has 0 radical (unpaired) electrons. The van der Waals surface area contributed by atoms with Crippen molar-refractivity contribution in [1.29, 1.82) is 0 Å². The van der Waals surface area contributed by atoms with E-state index in [0.29, 0.717) is 72.9 Å². The van der Waals surface area contributed by atoms with Crippen molar-refractivity contribution in [2.75, 3.05) is 64.0 Å². The number of nitrogens with one attached hydrogen (secondary N) is 1. The number of hydrogen-bond donors (Lipinski definition) is 1. The van der Waals surface area contributed by atoms with Gasteiger partial charge in [-0.1, -0.05) is 30.3 Å². The molecule has 1 aromatic heterocycles. The summed E-state index contributed by atoms with van der Waals surface area (Å²) in [4.78, 5) is 31.8. The number of fused-ring (bicyclic) bond motifs is 1. The lowest BCUT2D eigenvalue weighted by Crippen LogP contribution is -2.49. The van der Waals surface area contributed by atoms with Gasteiger partial charge in [-0.15, -0.1) is 0 Å². The fourth-order valence-corrected chi connectivity index (χ4v) is 7.06. The van der Waals surface area contributed by atoms with Gasteiger partial charge in [-0.05, 0) is 54.3 Å². The van der Waals surface area contributed by atoms with Crippen LogP contribution in [0.3, 0.4) is 0 Å². The molecular formula is C35H41FN4O6S. The van der Waals surface area contributed by atoms with E-state index in [0.717, 1.165) is 24.0 Å². The average molecular weight is 665 g/mol. The topological polar surface area (TPSA) is 127 Å². The lowest BCUT2D eigenvalue weighted by molar-refractivity contribution is -0.140. The van der Waals surface area contributed by atoms with Gasteiger partial charge in [0.25, 0.3) is 5.91 Å². The van der Waals surface area contributed by atoms with E-state index in [-0.39, 0.29) is 23.2 Å². The Morgan fingerprint density at radius 3 is 2.40 bits per heavy atom. The number of nitrogens with zero attached hydrogens (tertiary/aromatic N) is 3. The predicted molar refractivity (Wildman–Crippen MR) is 181 cm³/mol. The van der Waals surface area contributed by atoms with Crippen LogP contribution in [-0.2, 0) is 20.5 Å². The Morgan fingerprint density at radius 1 is 1.04 bits per heavy atom. The highest BCUT2D eigenvalue weighted by Gasteiger charge is 2.36. The van der Waals surface area contributed by atoms with Gasteiger partial charge in [0.15, 0.2) is 0 Å². The van der Waals surface area contributed by atoms with Gasteiger partial charge in [0.05, 0.1) is 24.5 Å². The van der Waals surface area contributed by atoms with Crippen molar-refractivity contribution >= 4 is 39.5 Å². The summed E-state index contributed by atoms with van der Waals surface area (Å²) >= 11 is 0. The molecule has 3 heterocycles. The number of carbonyl (C=O) groups excluding carboxylic acids is 2. The maximum Gasteiger partial charge on any atom is 0.255 e. The first-order valence-electron chi connectivity index (χ1n) is 15.6. The second-order valence-corrected chi connectivity index (χ2v) is 13.2. The molecule has 12 heteroatoms. The summed E-state index contributed by atoms with van der Waals surface area (Å²) < 4.78 is 40.1. The zero-order chi connectivity index (χ0) is 32.4. The molecule has 0 aliphatic carbocycles. The van der Waals surface area contributed by atoms with Crippen molar-refractivity contribution in [3.05, 3.63) is 89.2 Å². The zero-order valence-corrected chi connectivity index (χ0v) is 27.6. The van der Waals surface area contributed by atoms with E-state index in [9.17, 15) is 18.2 Å². The van der Waals surface area contributed by atoms with Crippen LogP contribution in [-0.4, -0.2) is 91.0 Å². The highest BCUT2D eigenvalue weighted by atomic mass is 32.2. The molecule has 250 valence electrons. The third kappa shape index (κ3) is 6.96. The second kappa shape index (κ2) is 14.8. The van der Waals surface area contributed by atoms with Gasteiger partial charge in [0, 0.05) is 69.5 Å². The molecule has 2 unspecified atom stereocenters. The fraction of sp³-hybridized carbons (Fsp3) is 0.371. The largest absolute Gasteiger partial charge is 0.455 e. The number of furan rings is 1. The smallest absolute Gasteiger partial charge is 0.255 e. The molecule has 6 rings (SSSR count). The maximum absolute atomic E-state index is 14.4. The Labute approximate surface area is 276 Å². The second-order valence-electron chi connectivity index (χ2n) is 11.8. The molecule has 0 saturated carbocycles. The highest BCUT2D eigenvalue weighted by molar-refractivity contribution is 7.85. The van der Waals surface area contributed by atoms with Crippen LogP contribution in [0.15, 0.2) is 71.1 Å². The summed E-state index contributed by atoms with van der Waals surface area (Å²) in [6.07, 6.45) is 3.23. The van der Waals surface area contributed by atoms with E-state index in [4.69, 9.17) is 9.15 Å². The normalized spacial score (nSPS) is 18.3. The summed E-state index contributed by atoms with van der Waals surface area (Å²) in [5, 5.41) is 3.32. The number of benzene rings is 3. The van der Waals surface area contributed by atoms with Crippen LogP contribution in [0.5, 0.6) is 0 Å². The van der Waals surface area contributed by atoms with Crippen LogP contribution in [0, 0.1) is 5.82 Å². The minimum Gasteiger partial charge on any atom is -0.455 e. The number of anilines is 1. The number of hydrogen-bond acceptors (Lipinski definition) is 6. The van der Waals surface area contributed by atoms with Crippen LogP contribution in [0.1, 0.15) is 46.3 Å². The zero-order valence-electron chi connectivity index (χ0n) is 26.8. The van der Waals surface area contributed by atoms with E-state index in [1.54, 1.807) is 36.8 Å². The molecule has 2 aliphatic rings. The quantitative estimate of drug-likeness (QED) is 0.300. The predicted octanol–water partition coefficient (Wildman–Crippen LogP) is 4.28. The Bertz CT molecular complexity index is 1740. The van der Waals surface area contributed by atoms with Crippen molar-refractivity contribution < 1.29 is 32.8 Å². The molecule has 3 atom stereocenters. The maximum atomic E-state index is 14.4. The van der Waals surface area contributed by atoms with E-state index in [2.05, 4.69) is 10.2 Å². The number of amides is 2. The number of ether oxygens (including phenoxy) is 1. The monoisotopic (exact) mass is 664 g/mol. The molecule has 2 aliphatic heterocycles. The first kappa shape index (κ1) is 34.2. The molecule has 0 bridgehead atoms. The van der Waals surface area contributed by atoms with Gasteiger partial charge in [0.2, 0.25) is 5.91 Å². The van der Waals surface area contributed by atoms with Gasteiger partial charge in [-0.25, -0.2) is 8.60 Å². The Kier molecular flexibility index (Phi) is 10.8. The SMILES string of the molecule is CNC(=O)c1c(-c2ccc(F)cc2)oc2cc(N(C)S(C)=O)c([C@H]3CCCN(C(=O)C(c4ccccc4)N4CCOCC4)C3)cc12.O. The summed E-state index contributed by atoms with van der Waals surface area (Å²) in [5.41, 5.74) is 3.93. The van der Waals surface area contributed by atoms with E-state index >= 15 is 0 Å². The summed E-state index contributed by atoms with van der Waals surface area (Å²) in [6, 6.07) is 19.1. The fourth-order valence-electron chi connectivity index (χ4n) is 6.63. The van der Waals surface area contributed by atoms with Crippen LogP contribution >= 0.6 is 0 Å². The van der Waals surface area contributed by atoms with Gasteiger partial charge in [-0.3, -0.25) is 18.8 Å². The van der Waals surface area contributed by atoms with Crippen molar-refractivity contribution in [2.24, 2.45) is 0 Å². The number of morpholine rings is 1. The molecule has 2 saturated heterocycles. The number of rotatable bonds is 8. The third-order valence-corrected chi connectivity index (χ3v) is 10.0. The number of carbonyl (C=O) groups is 2. The molecule has 10 nitrogen and oxygen atoms in total. The van der Waals surface area contributed by atoms with Crippen LogP contribution in [0.25, 0.3) is 22.3 Å². The van der Waals surface area contributed by atoms with Gasteiger partial charge in [0.1, 0.15) is 34.2 Å². The molecule has 47 heavy (non-hydrogen) atoms. The lowest BCUT2D eigenvalue weighted by Gasteiger charge is -2.40. The van der Waals surface area contributed by atoms with Crippen LogP contribution < -0.4 is 9.62 Å². The van der Waals surface area contributed by atoms with Gasteiger partial charge >= 0.3 is 0 Å².